The van der Waals surface area contributed by atoms with Crippen LogP contribution in [0.4, 0.5) is 5.82 Å². The van der Waals surface area contributed by atoms with Crippen LogP contribution in [0.1, 0.15) is 6.23 Å². The summed E-state index contributed by atoms with van der Waals surface area (Å²) in [5, 5.41) is 28.6. The number of aromatic nitrogens is 2. The van der Waals surface area contributed by atoms with Crippen LogP contribution in [0.15, 0.2) is 22.0 Å². The van der Waals surface area contributed by atoms with Gasteiger partial charge in [0, 0.05) is 18.3 Å². The third-order valence-corrected chi connectivity index (χ3v) is 4.43. The molecule has 134 valence electrons. The van der Waals surface area contributed by atoms with Gasteiger partial charge in [-0.05, 0) is 6.07 Å². The zero-order valence-corrected chi connectivity index (χ0v) is 13.1. The van der Waals surface area contributed by atoms with E-state index in [1.165, 1.54) is 12.3 Å². The van der Waals surface area contributed by atoms with Crippen molar-refractivity contribution in [1.29, 1.82) is 0 Å². The zero-order valence-electron chi connectivity index (χ0n) is 12.3. The van der Waals surface area contributed by atoms with Gasteiger partial charge in [-0.1, -0.05) is 0 Å². The molecule has 1 aromatic rings. The van der Waals surface area contributed by atoms with E-state index in [0.717, 1.165) is 11.7 Å². The number of nitrogens with zero attached hydrogens (tertiary/aromatic N) is 3. The van der Waals surface area contributed by atoms with Gasteiger partial charge in [-0.2, -0.15) is 4.98 Å². The maximum absolute atomic E-state index is 11.8. The molecule has 14 heteroatoms. The van der Waals surface area contributed by atoms with E-state index >= 15 is 0 Å². The van der Waals surface area contributed by atoms with E-state index in [1.54, 1.807) is 5.48 Å². The molecule has 0 aromatic carbocycles. The summed E-state index contributed by atoms with van der Waals surface area (Å²) >= 11 is 0. The molecule has 1 aromatic heterocycles. The number of hydrogen-bond acceptors (Lipinski definition) is 11. The van der Waals surface area contributed by atoms with Crippen LogP contribution in [0.5, 0.6) is 0 Å². The quantitative estimate of drug-likeness (QED) is 0.269. The Hall–Kier alpha value is -1.73. The average Bonchev–Trinajstić information content (AvgIpc) is 2.87. The Balaban J connectivity index is 2.14. The summed E-state index contributed by atoms with van der Waals surface area (Å²) in [6.45, 7) is -0.579. The van der Waals surface area contributed by atoms with Gasteiger partial charge in [0.2, 0.25) is 0 Å². The van der Waals surface area contributed by atoms with Crippen molar-refractivity contribution in [3.63, 3.8) is 0 Å². The number of aliphatic hydroxyl groups is 2. The number of aliphatic hydroxyl groups excluding tert-OH is 2. The summed E-state index contributed by atoms with van der Waals surface area (Å²) in [5.74, 6) is -0.123. The normalized spacial score (nSPS) is 29.2. The molecule has 0 radical (unpaired) electrons. The van der Waals surface area contributed by atoms with Crippen LogP contribution in [-0.2, 0) is 18.3 Å². The maximum Gasteiger partial charge on any atom is 0.489 e. The highest BCUT2D eigenvalue weighted by Gasteiger charge is 2.45. The van der Waals surface area contributed by atoms with E-state index in [2.05, 4.69) is 14.5 Å². The third-order valence-electron chi connectivity index (χ3n) is 3.29. The second-order valence-corrected chi connectivity index (χ2v) is 6.41. The fraction of sp³-hybridized carbons (Fsp3) is 0.600. The molecular weight excluding hydrogens is 351 g/mol. The number of nitrogens with one attached hydrogen (secondary N) is 1. The summed E-state index contributed by atoms with van der Waals surface area (Å²) in [6, 6.07) is 1.23. The number of ether oxygens (including phenoxy) is 1. The molecule has 5 atom stereocenters. The van der Waals surface area contributed by atoms with Gasteiger partial charge >= 0.3 is 13.4 Å². The first kappa shape index (κ1) is 18.6. The number of hydrogen-bond donors (Lipinski definition) is 4. The number of nitroso groups, excluding NO2 is 1. The van der Waals surface area contributed by atoms with Crippen molar-refractivity contribution in [1.82, 2.24) is 9.55 Å². The Labute approximate surface area is 134 Å². The minimum Gasteiger partial charge on any atom is -0.387 e. The SMILES string of the molecule is COP(=O)(N=O)OCC1OC(n2ccc(NO)nc2=O)[C@H](O)[C@@H]1O. The van der Waals surface area contributed by atoms with Gasteiger partial charge in [0.25, 0.3) is 0 Å². The molecule has 0 spiro atoms. The minimum absolute atomic E-state index is 0.123. The second-order valence-electron chi connectivity index (χ2n) is 4.69. The lowest BCUT2D eigenvalue weighted by atomic mass is 10.1. The highest BCUT2D eigenvalue weighted by Crippen LogP contribution is 2.49. The van der Waals surface area contributed by atoms with Gasteiger partial charge in [-0.25, -0.2) is 9.36 Å². The molecule has 1 fully saturated rings. The lowest BCUT2D eigenvalue weighted by Crippen LogP contribution is -2.36. The van der Waals surface area contributed by atoms with Crippen molar-refractivity contribution in [3.8, 4) is 0 Å². The number of rotatable bonds is 7. The summed E-state index contributed by atoms with van der Waals surface area (Å²) in [5.41, 5.74) is 0.811. The van der Waals surface area contributed by atoms with Crippen molar-refractivity contribution in [3.05, 3.63) is 27.7 Å². The first-order valence-electron chi connectivity index (χ1n) is 6.51. The van der Waals surface area contributed by atoms with Crippen LogP contribution in [0.2, 0.25) is 0 Å². The molecular formula is C10H15N4O9P. The molecule has 1 aliphatic heterocycles. The predicted octanol–water partition coefficient (Wildman–Crippen LogP) is -0.799. The van der Waals surface area contributed by atoms with Gasteiger partial charge in [0.1, 0.15) is 18.3 Å². The molecule has 13 nitrogen and oxygen atoms in total. The van der Waals surface area contributed by atoms with Crippen LogP contribution >= 0.6 is 7.75 Å². The molecule has 2 rings (SSSR count). The van der Waals surface area contributed by atoms with Crippen molar-refractivity contribution in [2.75, 3.05) is 19.2 Å². The molecule has 0 bridgehead atoms. The predicted molar refractivity (Wildman–Crippen MR) is 76.2 cm³/mol. The van der Waals surface area contributed by atoms with E-state index in [1.807, 2.05) is 0 Å². The largest absolute Gasteiger partial charge is 0.489 e. The highest BCUT2D eigenvalue weighted by molar-refractivity contribution is 7.52. The molecule has 2 heterocycles. The van der Waals surface area contributed by atoms with E-state index in [9.17, 15) is 24.5 Å². The smallest absolute Gasteiger partial charge is 0.387 e. The first-order chi connectivity index (χ1) is 11.3. The van der Waals surface area contributed by atoms with Crippen LogP contribution in [0.3, 0.4) is 0 Å². The van der Waals surface area contributed by atoms with E-state index < -0.39 is 44.6 Å². The monoisotopic (exact) mass is 366 g/mol. The Kier molecular flexibility index (Phi) is 5.77. The standard InChI is InChI=1S/C10H15N4O9P/c1-21-24(20,13-19)22-4-5-7(15)8(16)9(23-5)14-3-2-6(12-18)11-10(14)17/h2-3,5,7-9,15-16,18H,4H2,1H3,(H,11,12,17)/t5?,7-,8-,9?,24?/m1/s1. The average molecular weight is 366 g/mol. The highest BCUT2D eigenvalue weighted by atomic mass is 31.2. The van der Waals surface area contributed by atoms with Gasteiger partial charge in [0.15, 0.2) is 12.0 Å². The molecule has 0 saturated carbocycles. The van der Waals surface area contributed by atoms with Crippen molar-refractivity contribution in [2.24, 2.45) is 4.95 Å². The summed E-state index contributed by atoms with van der Waals surface area (Å²) in [6.07, 6.45) is -4.39. The van der Waals surface area contributed by atoms with Crippen LogP contribution in [-0.4, -0.2) is 57.0 Å². The van der Waals surface area contributed by atoms with Crippen molar-refractivity contribution >= 4 is 13.6 Å². The molecule has 1 saturated heterocycles. The van der Waals surface area contributed by atoms with Gasteiger partial charge in [0.05, 0.1) is 6.61 Å². The molecule has 0 aliphatic carbocycles. The van der Waals surface area contributed by atoms with Crippen LogP contribution < -0.4 is 11.2 Å². The fourth-order valence-corrected chi connectivity index (χ4v) is 2.60. The molecule has 0 amide bonds. The topological polar surface area (TPSA) is 182 Å². The van der Waals surface area contributed by atoms with Gasteiger partial charge in [-0.15, -0.1) is 4.91 Å². The Morgan fingerprint density at radius 3 is 2.75 bits per heavy atom. The summed E-state index contributed by atoms with van der Waals surface area (Å²) in [4.78, 5) is 27.9. The molecule has 24 heavy (non-hydrogen) atoms. The van der Waals surface area contributed by atoms with Crippen molar-refractivity contribution in [2.45, 2.75) is 24.5 Å². The number of anilines is 1. The lowest BCUT2D eigenvalue weighted by molar-refractivity contribution is -0.0527. The first-order valence-corrected chi connectivity index (χ1v) is 8.01. The Morgan fingerprint density at radius 2 is 2.21 bits per heavy atom. The Morgan fingerprint density at radius 1 is 1.50 bits per heavy atom. The molecule has 1 aliphatic rings. The van der Waals surface area contributed by atoms with Crippen molar-refractivity contribution < 1.29 is 33.8 Å². The maximum atomic E-state index is 11.8. The van der Waals surface area contributed by atoms with E-state index in [4.69, 9.17) is 14.5 Å². The summed E-state index contributed by atoms with van der Waals surface area (Å²) in [7, 11) is -3.26. The van der Waals surface area contributed by atoms with Crippen LogP contribution in [0.25, 0.3) is 0 Å². The molecule has 4 N–H and O–H groups in total. The minimum atomic E-state index is -4.21. The van der Waals surface area contributed by atoms with E-state index in [0.29, 0.717) is 0 Å². The fourth-order valence-electron chi connectivity index (χ4n) is 2.04. The second kappa shape index (κ2) is 7.44. The van der Waals surface area contributed by atoms with Gasteiger partial charge in [-0.3, -0.25) is 24.3 Å². The molecule has 3 unspecified atom stereocenters. The Bertz CT molecular complexity index is 697. The van der Waals surface area contributed by atoms with Gasteiger partial charge < -0.3 is 14.9 Å². The zero-order chi connectivity index (χ0) is 17.9. The van der Waals surface area contributed by atoms with E-state index in [-0.39, 0.29) is 5.82 Å². The lowest BCUT2D eigenvalue weighted by Gasteiger charge is -2.17. The van der Waals surface area contributed by atoms with Crippen LogP contribution in [0, 0.1) is 4.91 Å². The summed E-state index contributed by atoms with van der Waals surface area (Å²) < 4.78 is 26.8. The third kappa shape index (κ3) is 3.67.